The number of benzene rings is 2. The van der Waals surface area contributed by atoms with Crippen molar-refractivity contribution in [3.05, 3.63) is 58.1 Å². The minimum absolute atomic E-state index is 0.0555. The van der Waals surface area contributed by atoms with Gasteiger partial charge in [0.1, 0.15) is 0 Å². The van der Waals surface area contributed by atoms with Crippen molar-refractivity contribution in [2.45, 2.75) is 17.7 Å². The Bertz CT molecular complexity index is 948. The van der Waals surface area contributed by atoms with Crippen LogP contribution in [0, 0.1) is 0 Å². The summed E-state index contributed by atoms with van der Waals surface area (Å²) in [6.45, 7) is 1.11. The molecule has 30 heavy (non-hydrogen) atoms. The minimum atomic E-state index is -0.635. The fraction of sp³-hybridized carbons (Fsp3) is 0.286. The predicted molar refractivity (Wildman–Crippen MR) is 118 cm³/mol. The van der Waals surface area contributed by atoms with Crippen LogP contribution in [0.1, 0.15) is 23.2 Å². The van der Waals surface area contributed by atoms with Crippen LogP contribution in [0.15, 0.2) is 47.4 Å². The van der Waals surface area contributed by atoms with Gasteiger partial charge in [-0.3, -0.25) is 9.59 Å². The molecule has 2 aromatic carbocycles. The topological polar surface area (TPSA) is 75.7 Å². The van der Waals surface area contributed by atoms with Gasteiger partial charge in [-0.2, -0.15) is 0 Å². The van der Waals surface area contributed by atoms with E-state index in [2.05, 4.69) is 5.32 Å². The summed E-state index contributed by atoms with van der Waals surface area (Å²) in [5.74, 6) is -0.856. The van der Waals surface area contributed by atoms with Gasteiger partial charge in [-0.15, -0.1) is 11.8 Å². The number of carbonyl (C=O) groups excluding carboxylic acids is 3. The van der Waals surface area contributed by atoms with Gasteiger partial charge >= 0.3 is 5.97 Å². The van der Waals surface area contributed by atoms with E-state index >= 15 is 0 Å². The summed E-state index contributed by atoms with van der Waals surface area (Å²) in [6.07, 6.45) is 2.06. The smallest absolute Gasteiger partial charge is 0.339 e. The number of hydrogen-bond acceptors (Lipinski definition) is 5. The van der Waals surface area contributed by atoms with Gasteiger partial charge in [0.2, 0.25) is 5.91 Å². The first kappa shape index (κ1) is 22.5. The molecule has 1 aliphatic rings. The fourth-order valence-corrected chi connectivity index (χ4v) is 4.34. The number of amides is 2. The molecule has 1 fully saturated rings. The van der Waals surface area contributed by atoms with Crippen LogP contribution in [0.3, 0.4) is 0 Å². The normalized spacial score (nSPS) is 13.2. The minimum Gasteiger partial charge on any atom is -0.452 e. The first-order valence-electron chi connectivity index (χ1n) is 9.35. The van der Waals surface area contributed by atoms with Crippen molar-refractivity contribution in [1.82, 2.24) is 4.90 Å². The summed E-state index contributed by atoms with van der Waals surface area (Å²) in [6, 6.07) is 11.5. The van der Waals surface area contributed by atoms with E-state index < -0.39 is 18.5 Å². The van der Waals surface area contributed by atoms with E-state index in [1.54, 1.807) is 36.4 Å². The van der Waals surface area contributed by atoms with Crippen LogP contribution < -0.4 is 5.32 Å². The number of nitrogens with zero attached hydrogens (tertiary/aromatic N) is 1. The number of esters is 1. The molecule has 0 radical (unpaired) electrons. The molecule has 2 amide bonds. The molecule has 0 aromatic heterocycles. The summed E-state index contributed by atoms with van der Waals surface area (Å²) in [5.41, 5.74) is 0.688. The number of likely N-dealkylation sites (tertiary alicyclic amines) is 1. The first-order valence-corrected chi connectivity index (χ1v) is 11.1. The van der Waals surface area contributed by atoms with Crippen LogP contribution in [0.5, 0.6) is 0 Å². The molecule has 6 nitrogen and oxygen atoms in total. The summed E-state index contributed by atoms with van der Waals surface area (Å²) in [5, 5.41) is 3.30. The van der Waals surface area contributed by atoms with Gasteiger partial charge in [0.05, 0.1) is 22.0 Å². The van der Waals surface area contributed by atoms with Gasteiger partial charge in [0.15, 0.2) is 6.61 Å². The second-order valence-electron chi connectivity index (χ2n) is 6.62. The van der Waals surface area contributed by atoms with E-state index in [1.165, 1.54) is 17.8 Å². The van der Waals surface area contributed by atoms with E-state index in [4.69, 9.17) is 27.9 Å². The second-order valence-corrected chi connectivity index (χ2v) is 8.48. The van der Waals surface area contributed by atoms with Crippen LogP contribution in [0.25, 0.3) is 0 Å². The third-order valence-electron chi connectivity index (χ3n) is 4.46. The highest BCUT2D eigenvalue weighted by Gasteiger charge is 2.20. The maximum atomic E-state index is 12.5. The van der Waals surface area contributed by atoms with Crippen LogP contribution in [0.4, 0.5) is 5.69 Å². The Morgan fingerprint density at radius 2 is 1.80 bits per heavy atom. The van der Waals surface area contributed by atoms with Crippen molar-refractivity contribution in [3.8, 4) is 0 Å². The molecule has 1 saturated heterocycles. The average molecular weight is 467 g/mol. The lowest BCUT2D eigenvalue weighted by atomic mass is 10.2. The maximum Gasteiger partial charge on any atom is 0.339 e. The van der Waals surface area contributed by atoms with Gasteiger partial charge in [-0.1, -0.05) is 35.3 Å². The zero-order valence-corrected chi connectivity index (χ0v) is 18.4. The quantitative estimate of drug-likeness (QED) is 0.479. The molecule has 2 aromatic rings. The monoisotopic (exact) mass is 466 g/mol. The highest BCUT2D eigenvalue weighted by molar-refractivity contribution is 8.00. The lowest BCUT2D eigenvalue weighted by Crippen LogP contribution is -2.29. The van der Waals surface area contributed by atoms with Crippen molar-refractivity contribution in [2.24, 2.45) is 0 Å². The number of anilines is 1. The van der Waals surface area contributed by atoms with Gasteiger partial charge < -0.3 is 15.0 Å². The van der Waals surface area contributed by atoms with Crippen LogP contribution >= 0.6 is 35.0 Å². The first-order chi connectivity index (χ1) is 14.4. The van der Waals surface area contributed by atoms with E-state index in [0.717, 1.165) is 25.9 Å². The molecule has 0 unspecified atom stereocenters. The fourth-order valence-electron chi connectivity index (χ4n) is 2.94. The number of hydrogen-bond donors (Lipinski definition) is 1. The lowest BCUT2D eigenvalue weighted by Gasteiger charge is -2.15. The Morgan fingerprint density at radius 1 is 1.07 bits per heavy atom. The summed E-state index contributed by atoms with van der Waals surface area (Å²) in [7, 11) is 0. The predicted octanol–water partition coefficient (Wildman–Crippen LogP) is 4.50. The van der Waals surface area contributed by atoms with Crippen molar-refractivity contribution < 1.29 is 19.1 Å². The number of thioether (sulfide) groups is 1. The Morgan fingerprint density at radius 3 is 2.53 bits per heavy atom. The number of halogens is 2. The highest BCUT2D eigenvalue weighted by atomic mass is 35.5. The molecule has 9 heteroatoms. The molecule has 158 valence electrons. The van der Waals surface area contributed by atoms with Gasteiger partial charge in [-0.05, 0) is 43.2 Å². The van der Waals surface area contributed by atoms with Crippen molar-refractivity contribution in [3.63, 3.8) is 0 Å². The van der Waals surface area contributed by atoms with E-state index in [-0.39, 0.29) is 16.7 Å². The summed E-state index contributed by atoms with van der Waals surface area (Å²) >= 11 is 13.1. The molecule has 1 aliphatic heterocycles. The van der Waals surface area contributed by atoms with E-state index in [0.29, 0.717) is 21.2 Å². The third kappa shape index (κ3) is 6.14. The maximum absolute atomic E-state index is 12.5. The molecular weight excluding hydrogens is 447 g/mol. The standard InChI is InChI=1S/C21H20Cl2N2O4S/c22-14-7-8-17(16(23)11-14)24-19(26)12-29-21(28)15-5-1-2-6-18(15)30-13-20(27)25-9-3-4-10-25/h1-2,5-8,11H,3-4,9-10,12-13H2,(H,24,26). The molecule has 0 atom stereocenters. The summed E-state index contributed by atoms with van der Waals surface area (Å²) in [4.78, 5) is 39.3. The Labute approximate surface area is 188 Å². The molecule has 1 N–H and O–H groups in total. The van der Waals surface area contributed by atoms with Crippen molar-refractivity contribution >= 4 is 58.4 Å². The van der Waals surface area contributed by atoms with Crippen molar-refractivity contribution in [2.75, 3.05) is 30.8 Å². The Balaban J connectivity index is 1.54. The van der Waals surface area contributed by atoms with Crippen LogP contribution in [0.2, 0.25) is 10.0 Å². The second kappa shape index (κ2) is 10.7. The van der Waals surface area contributed by atoms with E-state index in [9.17, 15) is 14.4 Å². The van der Waals surface area contributed by atoms with Crippen LogP contribution in [-0.4, -0.2) is 48.1 Å². The number of rotatable bonds is 7. The Hall–Kier alpha value is -2.22. The zero-order valence-electron chi connectivity index (χ0n) is 16.0. The molecule has 0 spiro atoms. The number of nitrogens with one attached hydrogen (secondary N) is 1. The molecule has 0 saturated carbocycles. The molecular formula is C21H20Cl2N2O4S. The largest absolute Gasteiger partial charge is 0.452 e. The highest BCUT2D eigenvalue weighted by Crippen LogP contribution is 2.26. The molecule has 1 heterocycles. The van der Waals surface area contributed by atoms with Gasteiger partial charge in [-0.25, -0.2) is 4.79 Å². The van der Waals surface area contributed by atoms with Crippen LogP contribution in [-0.2, 0) is 14.3 Å². The zero-order chi connectivity index (χ0) is 21.5. The third-order valence-corrected chi connectivity index (χ3v) is 6.06. The summed E-state index contributed by atoms with van der Waals surface area (Å²) < 4.78 is 5.14. The van der Waals surface area contributed by atoms with Gasteiger partial charge in [0.25, 0.3) is 5.91 Å². The number of carbonyl (C=O) groups is 3. The molecule has 3 rings (SSSR count). The van der Waals surface area contributed by atoms with E-state index in [1.807, 2.05) is 4.90 Å². The lowest BCUT2D eigenvalue weighted by molar-refractivity contribution is -0.127. The molecule has 0 aliphatic carbocycles. The van der Waals surface area contributed by atoms with Crippen molar-refractivity contribution in [1.29, 1.82) is 0 Å². The average Bonchev–Trinajstić information content (AvgIpc) is 3.27. The Kier molecular flexibility index (Phi) is 8.01. The number of ether oxygens (including phenoxy) is 1. The SMILES string of the molecule is O=C(COC(=O)c1ccccc1SCC(=O)N1CCCC1)Nc1ccc(Cl)cc1Cl. The van der Waals surface area contributed by atoms with Gasteiger partial charge in [0, 0.05) is 23.0 Å². The molecule has 0 bridgehead atoms.